The van der Waals surface area contributed by atoms with Gasteiger partial charge in [-0.3, -0.25) is 0 Å². The molecule has 0 spiro atoms. The van der Waals surface area contributed by atoms with Crippen molar-refractivity contribution < 1.29 is 4.39 Å². The van der Waals surface area contributed by atoms with Crippen LogP contribution in [0.2, 0.25) is 0 Å². The number of hydrazine groups is 1. The van der Waals surface area contributed by atoms with E-state index in [-0.39, 0.29) is 0 Å². The van der Waals surface area contributed by atoms with Crippen molar-refractivity contribution in [3.05, 3.63) is 54.5 Å². The van der Waals surface area contributed by atoms with Crippen molar-refractivity contribution in [2.75, 3.05) is 25.5 Å². The Labute approximate surface area is 152 Å². The quantitative estimate of drug-likeness (QED) is 0.485. The summed E-state index contributed by atoms with van der Waals surface area (Å²) in [6.07, 6.45) is 4.03. The monoisotopic (exact) mass is 356 g/mol. The van der Waals surface area contributed by atoms with Gasteiger partial charge in [0.05, 0.1) is 5.70 Å². The van der Waals surface area contributed by atoms with E-state index in [9.17, 15) is 4.39 Å². The van der Waals surface area contributed by atoms with Gasteiger partial charge in [-0.2, -0.15) is 0 Å². The molecule has 1 aliphatic rings. The molecule has 2 aromatic rings. The molecular formula is C19H25FN6. The SMILES string of the molecule is C=C(Nc1cc2cc(/C(=C/N)N(C)N)ccc2cn1)C1(F)CCNCC1. The number of alkyl halides is 1. The van der Waals surface area contributed by atoms with Crippen LogP contribution in [-0.2, 0) is 0 Å². The highest BCUT2D eigenvalue weighted by atomic mass is 19.1. The summed E-state index contributed by atoms with van der Waals surface area (Å²) >= 11 is 0. The van der Waals surface area contributed by atoms with E-state index in [2.05, 4.69) is 22.2 Å². The van der Waals surface area contributed by atoms with E-state index in [0.717, 1.165) is 16.3 Å². The minimum atomic E-state index is -1.42. The molecule has 1 fully saturated rings. The average molecular weight is 356 g/mol. The third kappa shape index (κ3) is 3.63. The number of allylic oxidation sites excluding steroid dienone is 1. The molecule has 1 aromatic carbocycles. The Kier molecular flexibility index (Phi) is 5.11. The number of pyridine rings is 1. The number of nitrogens with one attached hydrogen (secondary N) is 2. The lowest BCUT2D eigenvalue weighted by Crippen LogP contribution is -2.41. The summed E-state index contributed by atoms with van der Waals surface area (Å²) in [4.78, 5) is 4.37. The minimum Gasteiger partial charge on any atom is -0.403 e. The maximum absolute atomic E-state index is 15.0. The van der Waals surface area contributed by atoms with Gasteiger partial charge in [0, 0.05) is 36.1 Å². The molecule has 0 bridgehead atoms. The highest BCUT2D eigenvalue weighted by Gasteiger charge is 2.35. The van der Waals surface area contributed by atoms with Crippen LogP contribution in [-0.4, -0.2) is 35.8 Å². The molecule has 1 aromatic heterocycles. The molecule has 138 valence electrons. The molecular weight excluding hydrogens is 331 g/mol. The van der Waals surface area contributed by atoms with Crippen molar-refractivity contribution in [3.63, 3.8) is 0 Å². The standard InChI is InChI=1S/C19H25FN6/c1-13(19(20)5-7-23-8-6-19)25-18-10-16-9-14(17(11-21)26(2)22)3-4-15(16)12-24-18/h3-4,9-12,23H,1,5-8,21-22H2,2H3,(H,24,25)/b17-11-. The first kappa shape index (κ1) is 18.2. The van der Waals surface area contributed by atoms with Crippen molar-refractivity contribution >= 4 is 22.3 Å². The number of aromatic nitrogens is 1. The summed E-state index contributed by atoms with van der Waals surface area (Å²) in [5, 5.41) is 9.59. The molecule has 0 saturated carbocycles. The maximum Gasteiger partial charge on any atom is 0.152 e. The average Bonchev–Trinajstić information content (AvgIpc) is 2.62. The molecule has 0 radical (unpaired) electrons. The van der Waals surface area contributed by atoms with Gasteiger partial charge in [0.2, 0.25) is 0 Å². The Morgan fingerprint density at radius 3 is 2.73 bits per heavy atom. The zero-order chi connectivity index (χ0) is 18.7. The molecule has 0 atom stereocenters. The third-order valence-corrected chi connectivity index (χ3v) is 4.77. The van der Waals surface area contributed by atoms with Crippen molar-refractivity contribution in [2.24, 2.45) is 11.6 Å². The van der Waals surface area contributed by atoms with E-state index < -0.39 is 5.67 Å². The second kappa shape index (κ2) is 7.31. The Balaban J connectivity index is 1.87. The smallest absolute Gasteiger partial charge is 0.152 e. The van der Waals surface area contributed by atoms with Crippen LogP contribution in [0.15, 0.2) is 48.9 Å². The molecule has 0 aliphatic carbocycles. The van der Waals surface area contributed by atoms with Crippen molar-refractivity contribution in [1.29, 1.82) is 0 Å². The van der Waals surface area contributed by atoms with E-state index in [1.807, 2.05) is 24.3 Å². The lowest BCUT2D eigenvalue weighted by atomic mass is 9.91. The van der Waals surface area contributed by atoms with Gasteiger partial charge >= 0.3 is 0 Å². The molecule has 0 amide bonds. The number of halogens is 1. The highest BCUT2D eigenvalue weighted by molar-refractivity contribution is 5.87. The van der Waals surface area contributed by atoms with E-state index in [4.69, 9.17) is 11.6 Å². The van der Waals surface area contributed by atoms with E-state index in [0.29, 0.717) is 43.1 Å². The lowest BCUT2D eigenvalue weighted by Gasteiger charge is -2.32. The van der Waals surface area contributed by atoms with E-state index >= 15 is 0 Å². The molecule has 1 saturated heterocycles. The van der Waals surface area contributed by atoms with Gasteiger partial charge in [-0.05, 0) is 43.5 Å². The Hall–Kier alpha value is -2.64. The zero-order valence-electron chi connectivity index (χ0n) is 14.9. The Morgan fingerprint density at radius 2 is 2.08 bits per heavy atom. The Bertz CT molecular complexity index is 839. The molecule has 1 aliphatic heterocycles. The highest BCUT2D eigenvalue weighted by Crippen LogP contribution is 2.31. The fraction of sp³-hybridized carbons (Fsp3) is 0.316. The molecule has 2 heterocycles. The summed E-state index contributed by atoms with van der Waals surface area (Å²) in [6.45, 7) is 5.20. The first-order chi connectivity index (χ1) is 12.4. The molecule has 0 unspecified atom stereocenters. The topological polar surface area (TPSA) is 92.2 Å². The largest absolute Gasteiger partial charge is 0.403 e. The van der Waals surface area contributed by atoms with Gasteiger partial charge in [0.15, 0.2) is 5.67 Å². The lowest BCUT2D eigenvalue weighted by molar-refractivity contribution is 0.160. The fourth-order valence-corrected chi connectivity index (χ4v) is 3.18. The van der Waals surface area contributed by atoms with Crippen LogP contribution >= 0.6 is 0 Å². The number of fused-ring (bicyclic) bond motifs is 1. The van der Waals surface area contributed by atoms with Crippen LogP contribution < -0.4 is 22.2 Å². The number of rotatable bonds is 5. The molecule has 6 nitrogen and oxygen atoms in total. The summed E-state index contributed by atoms with van der Waals surface area (Å²) < 4.78 is 15.0. The molecule has 3 rings (SSSR count). The first-order valence-corrected chi connectivity index (χ1v) is 8.59. The molecule has 26 heavy (non-hydrogen) atoms. The van der Waals surface area contributed by atoms with Crippen LogP contribution in [0.5, 0.6) is 0 Å². The predicted octanol–water partition coefficient (Wildman–Crippen LogP) is 2.31. The van der Waals surface area contributed by atoms with Crippen LogP contribution in [0, 0.1) is 0 Å². The van der Waals surface area contributed by atoms with Crippen LogP contribution in [0.25, 0.3) is 16.5 Å². The fourth-order valence-electron chi connectivity index (χ4n) is 3.18. The molecule has 7 heteroatoms. The minimum absolute atomic E-state index is 0.353. The van der Waals surface area contributed by atoms with Gasteiger partial charge in [-0.15, -0.1) is 0 Å². The number of anilines is 1. The van der Waals surface area contributed by atoms with Crippen molar-refractivity contribution in [3.8, 4) is 0 Å². The maximum atomic E-state index is 15.0. The second-order valence-electron chi connectivity index (χ2n) is 6.61. The number of nitrogens with zero attached hydrogens (tertiary/aromatic N) is 2. The van der Waals surface area contributed by atoms with Gasteiger partial charge in [-0.25, -0.2) is 15.2 Å². The van der Waals surface area contributed by atoms with E-state index in [1.54, 1.807) is 13.2 Å². The summed E-state index contributed by atoms with van der Waals surface area (Å²) in [7, 11) is 1.73. The van der Waals surface area contributed by atoms with Crippen LogP contribution in [0.4, 0.5) is 10.2 Å². The number of hydrogen-bond donors (Lipinski definition) is 4. The van der Waals surface area contributed by atoms with Crippen LogP contribution in [0.1, 0.15) is 18.4 Å². The predicted molar refractivity (Wildman–Crippen MR) is 105 cm³/mol. The van der Waals surface area contributed by atoms with Gasteiger partial charge < -0.3 is 21.4 Å². The van der Waals surface area contributed by atoms with Gasteiger partial charge in [0.1, 0.15) is 5.82 Å². The van der Waals surface area contributed by atoms with Crippen molar-refractivity contribution in [2.45, 2.75) is 18.5 Å². The van der Waals surface area contributed by atoms with Crippen molar-refractivity contribution in [1.82, 2.24) is 15.3 Å². The van der Waals surface area contributed by atoms with Gasteiger partial charge in [-0.1, -0.05) is 18.7 Å². The summed E-state index contributed by atoms with van der Waals surface area (Å²) in [5.74, 6) is 6.38. The Morgan fingerprint density at radius 1 is 1.35 bits per heavy atom. The summed E-state index contributed by atoms with van der Waals surface area (Å²) in [6, 6.07) is 7.73. The third-order valence-electron chi connectivity index (χ3n) is 4.77. The number of piperidine rings is 1. The van der Waals surface area contributed by atoms with Gasteiger partial charge in [0.25, 0.3) is 0 Å². The van der Waals surface area contributed by atoms with Crippen LogP contribution in [0.3, 0.4) is 0 Å². The second-order valence-corrected chi connectivity index (χ2v) is 6.61. The number of benzene rings is 1. The molecule has 6 N–H and O–H groups in total. The number of hydrogen-bond acceptors (Lipinski definition) is 6. The first-order valence-electron chi connectivity index (χ1n) is 8.59. The van der Waals surface area contributed by atoms with E-state index in [1.165, 1.54) is 11.2 Å². The normalized spacial score (nSPS) is 17.1. The zero-order valence-corrected chi connectivity index (χ0v) is 14.9. The summed E-state index contributed by atoms with van der Waals surface area (Å²) in [5.41, 5.74) is 6.21. The number of nitrogens with two attached hydrogens (primary N) is 2.